The molecular weight excluding hydrogens is 242 g/mol. The van der Waals surface area contributed by atoms with Gasteiger partial charge in [-0.3, -0.25) is 0 Å². The van der Waals surface area contributed by atoms with Crippen molar-refractivity contribution < 1.29 is 0 Å². The van der Waals surface area contributed by atoms with Gasteiger partial charge in [0, 0.05) is 6.04 Å². The molecule has 0 radical (unpaired) electrons. The van der Waals surface area contributed by atoms with Crippen LogP contribution in [0.5, 0.6) is 0 Å². The summed E-state index contributed by atoms with van der Waals surface area (Å²) >= 11 is 0. The van der Waals surface area contributed by atoms with Gasteiger partial charge in [0.25, 0.3) is 0 Å². The van der Waals surface area contributed by atoms with E-state index in [2.05, 4.69) is 64.2 Å². The molecule has 0 aromatic heterocycles. The second-order valence-electron chi connectivity index (χ2n) is 6.38. The largest absolute Gasteiger partial charge is 0.310 e. The molecule has 0 spiro atoms. The van der Waals surface area contributed by atoms with Crippen LogP contribution in [-0.2, 0) is 6.42 Å². The summed E-state index contributed by atoms with van der Waals surface area (Å²) in [6.45, 7) is 12.6. The Morgan fingerprint density at radius 3 is 2.10 bits per heavy atom. The molecule has 0 amide bonds. The lowest BCUT2D eigenvalue weighted by atomic mass is 9.85. The topological polar surface area (TPSA) is 12.0 Å². The summed E-state index contributed by atoms with van der Waals surface area (Å²) in [4.78, 5) is 0. The summed E-state index contributed by atoms with van der Waals surface area (Å²) in [5.41, 5.74) is 2.92. The highest BCUT2D eigenvalue weighted by molar-refractivity contribution is 5.25. The van der Waals surface area contributed by atoms with Crippen molar-refractivity contribution in [3.05, 3.63) is 35.4 Å². The van der Waals surface area contributed by atoms with E-state index in [4.69, 9.17) is 0 Å². The minimum Gasteiger partial charge on any atom is -0.310 e. The van der Waals surface area contributed by atoms with E-state index >= 15 is 0 Å². The number of hydrogen-bond donors (Lipinski definition) is 1. The molecule has 1 rings (SSSR count). The Morgan fingerprint density at radius 2 is 1.60 bits per heavy atom. The monoisotopic (exact) mass is 275 g/mol. The van der Waals surface area contributed by atoms with Gasteiger partial charge in [0.05, 0.1) is 0 Å². The average Bonchev–Trinajstić information content (AvgIpc) is 2.46. The molecule has 1 heteroatoms. The molecule has 0 aliphatic rings. The SMILES string of the molecule is CCCCc1ccc(C(NCCC)C(C)C(C)C)cc1. The first kappa shape index (κ1) is 17.2. The normalized spacial score (nSPS) is 14.5. The third kappa shape index (κ3) is 5.28. The quantitative estimate of drug-likeness (QED) is 0.639. The Kier molecular flexibility index (Phi) is 7.91. The molecule has 0 heterocycles. The molecule has 2 unspecified atom stereocenters. The van der Waals surface area contributed by atoms with Crippen molar-refractivity contribution in [1.82, 2.24) is 5.32 Å². The van der Waals surface area contributed by atoms with E-state index in [1.54, 1.807) is 0 Å². The fourth-order valence-corrected chi connectivity index (χ4v) is 2.56. The van der Waals surface area contributed by atoms with Crippen molar-refractivity contribution in [2.45, 2.75) is 66.3 Å². The summed E-state index contributed by atoms with van der Waals surface area (Å²) in [5, 5.41) is 3.73. The molecule has 0 saturated heterocycles. The van der Waals surface area contributed by atoms with Crippen LogP contribution < -0.4 is 5.32 Å². The summed E-state index contributed by atoms with van der Waals surface area (Å²) < 4.78 is 0. The number of nitrogens with one attached hydrogen (secondary N) is 1. The van der Waals surface area contributed by atoms with Gasteiger partial charge in [0.2, 0.25) is 0 Å². The van der Waals surface area contributed by atoms with Crippen LogP contribution >= 0.6 is 0 Å². The number of aryl methyl sites for hydroxylation is 1. The van der Waals surface area contributed by atoms with Gasteiger partial charge in [-0.15, -0.1) is 0 Å². The van der Waals surface area contributed by atoms with E-state index in [1.165, 1.54) is 36.8 Å². The van der Waals surface area contributed by atoms with Crippen LogP contribution in [-0.4, -0.2) is 6.54 Å². The zero-order valence-corrected chi connectivity index (χ0v) is 14.1. The van der Waals surface area contributed by atoms with Gasteiger partial charge in [-0.05, 0) is 48.8 Å². The minimum absolute atomic E-state index is 0.482. The third-order valence-electron chi connectivity index (χ3n) is 4.35. The Morgan fingerprint density at radius 1 is 0.950 bits per heavy atom. The third-order valence-corrected chi connectivity index (χ3v) is 4.35. The maximum absolute atomic E-state index is 3.73. The average molecular weight is 275 g/mol. The van der Waals surface area contributed by atoms with Crippen molar-refractivity contribution in [3.8, 4) is 0 Å². The predicted octanol–water partition coefficient (Wildman–Crippen LogP) is 5.36. The number of benzene rings is 1. The van der Waals surface area contributed by atoms with Crippen LogP contribution in [0.25, 0.3) is 0 Å². The first-order valence-electron chi connectivity index (χ1n) is 8.42. The van der Waals surface area contributed by atoms with Gasteiger partial charge in [0.15, 0.2) is 0 Å². The molecule has 0 aliphatic carbocycles. The lowest BCUT2D eigenvalue weighted by Crippen LogP contribution is -2.30. The number of unbranched alkanes of at least 4 members (excludes halogenated alkanes) is 1. The van der Waals surface area contributed by atoms with Gasteiger partial charge in [-0.2, -0.15) is 0 Å². The second-order valence-corrected chi connectivity index (χ2v) is 6.38. The fourth-order valence-electron chi connectivity index (χ4n) is 2.56. The van der Waals surface area contributed by atoms with Crippen LogP contribution in [0.3, 0.4) is 0 Å². The van der Waals surface area contributed by atoms with E-state index in [0.29, 0.717) is 17.9 Å². The molecule has 1 aromatic rings. The summed E-state index contributed by atoms with van der Waals surface area (Å²) in [7, 11) is 0. The molecular formula is C19H33N. The van der Waals surface area contributed by atoms with Gasteiger partial charge in [0.1, 0.15) is 0 Å². The van der Waals surface area contributed by atoms with Crippen LogP contribution in [0.4, 0.5) is 0 Å². The lowest BCUT2D eigenvalue weighted by Gasteiger charge is -2.28. The Hall–Kier alpha value is -0.820. The van der Waals surface area contributed by atoms with E-state index in [0.717, 1.165) is 6.54 Å². The van der Waals surface area contributed by atoms with Crippen LogP contribution in [0.2, 0.25) is 0 Å². The minimum atomic E-state index is 0.482. The van der Waals surface area contributed by atoms with E-state index < -0.39 is 0 Å². The molecule has 114 valence electrons. The molecule has 1 N–H and O–H groups in total. The van der Waals surface area contributed by atoms with Gasteiger partial charge in [-0.1, -0.05) is 65.3 Å². The first-order chi connectivity index (χ1) is 9.60. The number of rotatable bonds is 9. The van der Waals surface area contributed by atoms with Gasteiger partial charge < -0.3 is 5.32 Å². The van der Waals surface area contributed by atoms with E-state index in [9.17, 15) is 0 Å². The zero-order chi connectivity index (χ0) is 15.0. The first-order valence-corrected chi connectivity index (χ1v) is 8.42. The summed E-state index contributed by atoms with van der Waals surface area (Å²) in [6, 6.07) is 9.78. The van der Waals surface area contributed by atoms with Gasteiger partial charge in [-0.25, -0.2) is 0 Å². The van der Waals surface area contributed by atoms with Crippen molar-refractivity contribution in [3.63, 3.8) is 0 Å². The molecule has 0 fully saturated rings. The Labute approximate surface area is 126 Å². The summed E-state index contributed by atoms with van der Waals surface area (Å²) in [5.74, 6) is 1.35. The molecule has 1 aromatic carbocycles. The Balaban J connectivity index is 2.79. The Bertz CT molecular complexity index is 353. The fraction of sp³-hybridized carbons (Fsp3) is 0.684. The highest BCUT2D eigenvalue weighted by atomic mass is 14.9. The van der Waals surface area contributed by atoms with Crippen LogP contribution in [0.15, 0.2) is 24.3 Å². The van der Waals surface area contributed by atoms with Crippen molar-refractivity contribution in [2.75, 3.05) is 6.54 Å². The molecule has 1 nitrogen and oxygen atoms in total. The predicted molar refractivity (Wildman–Crippen MR) is 90.1 cm³/mol. The maximum atomic E-state index is 3.73. The standard InChI is InChI=1S/C19H33N/c1-6-8-9-17-10-12-18(13-11-17)19(20-14-7-2)16(5)15(3)4/h10-13,15-16,19-20H,6-9,14H2,1-5H3. The van der Waals surface area contributed by atoms with E-state index in [1.807, 2.05) is 0 Å². The van der Waals surface area contributed by atoms with E-state index in [-0.39, 0.29) is 0 Å². The molecule has 20 heavy (non-hydrogen) atoms. The highest BCUT2D eigenvalue weighted by Crippen LogP contribution is 2.28. The summed E-state index contributed by atoms with van der Waals surface area (Å²) in [6.07, 6.45) is 4.96. The van der Waals surface area contributed by atoms with Crippen molar-refractivity contribution in [1.29, 1.82) is 0 Å². The molecule has 0 aliphatic heterocycles. The van der Waals surface area contributed by atoms with Crippen LogP contribution in [0.1, 0.15) is 71.0 Å². The second kappa shape index (κ2) is 9.18. The number of hydrogen-bond acceptors (Lipinski definition) is 1. The zero-order valence-electron chi connectivity index (χ0n) is 14.1. The smallest absolute Gasteiger partial charge is 0.0348 e. The van der Waals surface area contributed by atoms with Crippen LogP contribution in [0, 0.1) is 11.8 Å². The maximum Gasteiger partial charge on any atom is 0.0348 e. The molecule has 2 atom stereocenters. The van der Waals surface area contributed by atoms with Gasteiger partial charge >= 0.3 is 0 Å². The van der Waals surface area contributed by atoms with Crippen molar-refractivity contribution in [2.24, 2.45) is 11.8 Å². The highest BCUT2D eigenvalue weighted by Gasteiger charge is 2.21. The lowest BCUT2D eigenvalue weighted by molar-refractivity contribution is 0.304. The molecule has 0 saturated carbocycles. The van der Waals surface area contributed by atoms with Crippen molar-refractivity contribution >= 4 is 0 Å². The molecule has 0 bridgehead atoms.